The molecule has 0 saturated heterocycles. The third-order valence-electron chi connectivity index (χ3n) is 3.94. The summed E-state index contributed by atoms with van der Waals surface area (Å²) in [6, 6.07) is 13.4. The lowest BCUT2D eigenvalue weighted by Crippen LogP contribution is -1.99. The summed E-state index contributed by atoms with van der Waals surface area (Å²) < 4.78 is 21.5. The Morgan fingerprint density at radius 3 is 2.76 bits per heavy atom. The fraction of sp³-hybridized carbons (Fsp3) is 0.0526. The molecule has 0 spiro atoms. The number of aromatic nitrogens is 3. The van der Waals surface area contributed by atoms with Gasteiger partial charge in [-0.25, -0.2) is 9.37 Å². The lowest BCUT2D eigenvalue weighted by molar-refractivity contribution is 0.433. The van der Waals surface area contributed by atoms with Crippen LogP contribution in [0, 0.1) is 5.82 Å². The molecule has 2 aromatic heterocycles. The zero-order valence-electron chi connectivity index (χ0n) is 13.1. The number of nitrogens with zero attached hydrogens (tertiary/aromatic N) is 3. The Morgan fingerprint density at radius 1 is 1.12 bits per heavy atom. The Morgan fingerprint density at radius 2 is 2.00 bits per heavy atom. The third kappa shape index (κ3) is 3.01. The van der Waals surface area contributed by atoms with E-state index >= 15 is 0 Å². The maximum atomic E-state index is 14.4. The second-order valence-corrected chi connectivity index (χ2v) is 5.63. The van der Waals surface area contributed by atoms with Crippen LogP contribution in [0.4, 0.5) is 4.39 Å². The molecule has 0 aliphatic rings. The van der Waals surface area contributed by atoms with Gasteiger partial charge in [0.1, 0.15) is 17.3 Å². The highest BCUT2D eigenvalue weighted by Gasteiger charge is 2.13. The van der Waals surface area contributed by atoms with E-state index in [-0.39, 0.29) is 11.6 Å². The number of imidazole rings is 1. The van der Waals surface area contributed by atoms with Crippen LogP contribution in [-0.4, -0.2) is 19.8 Å². The Labute approximate surface area is 143 Å². The summed E-state index contributed by atoms with van der Waals surface area (Å²) in [5.41, 5.74) is 2.20. The van der Waals surface area contributed by atoms with Crippen molar-refractivity contribution in [3.8, 4) is 28.3 Å². The van der Waals surface area contributed by atoms with E-state index in [0.29, 0.717) is 34.7 Å². The topological polar surface area (TPSA) is 64.1 Å². The van der Waals surface area contributed by atoms with E-state index in [2.05, 4.69) is 10.1 Å². The molecule has 0 aliphatic heterocycles. The maximum absolute atomic E-state index is 14.4. The van der Waals surface area contributed by atoms with E-state index in [1.807, 2.05) is 0 Å². The van der Waals surface area contributed by atoms with Gasteiger partial charge in [0.05, 0.1) is 12.9 Å². The highest BCUT2D eigenvalue weighted by Crippen LogP contribution is 2.31. The number of hydrogen-bond acceptors (Lipinski definition) is 4. The molecule has 4 aromatic rings. The van der Waals surface area contributed by atoms with Gasteiger partial charge in [-0.3, -0.25) is 0 Å². The fourth-order valence-corrected chi connectivity index (χ4v) is 2.63. The van der Waals surface area contributed by atoms with Crippen LogP contribution >= 0.6 is 0 Å². The van der Waals surface area contributed by atoms with Crippen molar-refractivity contribution in [2.45, 2.75) is 6.54 Å². The molecule has 0 fully saturated rings. The summed E-state index contributed by atoms with van der Waals surface area (Å²) in [7, 11) is 0. The van der Waals surface area contributed by atoms with Crippen LogP contribution in [0.15, 0.2) is 71.8 Å². The van der Waals surface area contributed by atoms with Gasteiger partial charge in [-0.1, -0.05) is 29.4 Å². The van der Waals surface area contributed by atoms with Crippen LogP contribution in [0.1, 0.15) is 5.56 Å². The zero-order valence-corrected chi connectivity index (χ0v) is 13.1. The summed E-state index contributed by atoms with van der Waals surface area (Å²) in [5.74, 6) is 0.224. The van der Waals surface area contributed by atoms with Gasteiger partial charge in [-0.2, -0.15) is 0 Å². The van der Waals surface area contributed by atoms with Crippen LogP contribution in [-0.2, 0) is 6.54 Å². The van der Waals surface area contributed by atoms with Crippen LogP contribution in [0.2, 0.25) is 0 Å². The summed E-state index contributed by atoms with van der Waals surface area (Å²) in [5, 5.41) is 13.9. The average Bonchev–Trinajstić information content (AvgIpc) is 3.29. The minimum atomic E-state index is -0.327. The molecule has 0 saturated carbocycles. The molecule has 5 nitrogen and oxygen atoms in total. The molecule has 124 valence electrons. The number of benzene rings is 2. The van der Waals surface area contributed by atoms with Gasteiger partial charge in [0.15, 0.2) is 5.76 Å². The molecule has 25 heavy (non-hydrogen) atoms. The summed E-state index contributed by atoms with van der Waals surface area (Å²) in [6.07, 6.45) is 5.08. The first-order valence-corrected chi connectivity index (χ1v) is 7.70. The minimum absolute atomic E-state index is 0.115. The third-order valence-corrected chi connectivity index (χ3v) is 3.94. The van der Waals surface area contributed by atoms with E-state index in [1.54, 1.807) is 65.8 Å². The summed E-state index contributed by atoms with van der Waals surface area (Å²) >= 11 is 0. The Hall–Kier alpha value is -3.41. The van der Waals surface area contributed by atoms with Crippen molar-refractivity contribution < 1.29 is 14.0 Å². The van der Waals surface area contributed by atoms with Crippen molar-refractivity contribution in [2.24, 2.45) is 0 Å². The first-order valence-electron chi connectivity index (χ1n) is 7.70. The van der Waals surface area contributed by atoms with Crippen molar-refractivity contribution in [1.82, 2.24) is 14.7 Å². The number of para-hydroxylation sites is 1. The highest BCUT2D eigenvalue weighted by atomic mass is 19.1. The van der Waals surface area contributed by atoms with Crippen molar-refractivity contribution in [3.63, 3.8) is 0 Å². The number of phenolic OH excluding ortho intramolecular Hbond substituents is 1. The van der Waals surface area contributed by atoms with Gasteiger partial charge in [0, 0.05) is 35.2 Å². The SMILES string of the molecule is Oc1ccccc1-c1cc(-c2ccc(Cn3ccnc3)c(F)c2)on1. The van der Waals surface area contributed by atoms with E-state index < -0.39 is 0 Å². The lowest BCUT2D eigenvalue weighted by Gasteiger charge is -2.05. The Kier molecular flexibility index (Phi) is 3.78. The lowest BCUT2D eigenvalue weighted by atomic mass is 10.1. The molecule has 2 aromatic carbocycles. The van der Waals surface area contributed by atoms with E-state index in [0.717, 1.165) is 0 Å². The van der Waals surface area contributed by atoms with Crippen LogP contribution in [0.5, 0.6) is 5.75 Å². The van der Waals surface area contributed by atoms with Gasteiger partial charge in [-0.15, -0.1) is 0 Å². The van der Waals surface area contributed by atoms with Crippen LogP contribution in [0.3, 0.4) is 0 Å². The standard InChI is InChI=1S/C19H14FN3O2/c20-16-9-13(5-6-14(16)11-23-8-7-21-12-23)19-10-17(22-25-19)15-3-1-2-4-18(15)24/h1-10,12,24H,11H2. The average molecular weight is 335 g/mol. The number of halogens is 1. The number of hydrogen-bond donors (Lipinski definition) is 1. The number of aromatic hydroxyl groups is 1. The van der Waals surface area contributed by atoms with Crippen molar-refractivity contribution >= 4 is 0 Å². The van der Waals surface area contributed by atoms with Crippen molar-refractivity contribution in [2.75, 3.05) is 0 Å². The number of phenols is 1. The van der Waals surface area contributed by atoms with E-state index in [4.69, 9.17) is 4.52 Å². The molecule has 0 radical (unpaired) electrons. The van der Waals surface area contributed by atoms with E-state index in [9.17, 15) is 9.50 Å². The molecule has 0 unspecified atom stereocenters. The summed E-state index contributed by atoms with van der Waals surface area (Å²) in [4.78, 5) is 3.95. The monoisotopic (exact) mass is 335 g/mol. The van der Waals surface area contributed by atoms with Crippen molar-refractivity contribution in [1.29, 1.82) is 0 Å². The largest absolute Gasteiger partial charge is 0.507 e. The smallest absolute Gasteiger partial charge is 0.167 e. The predicted octanol–water partition coefficient (Wildman–Crippen LogP) is 4.10. The van der Waals surface area contributed by atoms with Gasteiger partial charge < -0.3 is 14.2 Å². The van der Waals surface area contributed by atoms with Gasteiger partial charge in [0.25, 0.3) is 0 Å². The molecule has 0 aliphatic carbocycles. The van der Waals surface area contributed by atoms with Crippen LogP contribution in [0.25, 0.3) is 22.6 Å². The molecule has 0 amide bonds. The number of rotatable bonds is 4. The van der Waals surface area contributed by atoms with Gasteiger partial charge >= 0.3 is 0 Å². The second kappa shape index (κ2) is 6.24. The van der Waals surface area contributed by atoms with Gasteiger partial charge in [0.2, 0.25) is 0 Å². The molecule has 4 rings (SSSR count). The Bertz CT molecular complexity index is 1010. The fourth-order valence-electron chi connectivity index (χ4n) is 2.63. The minimum Gasteiger partial charge on any atom is -0.507 e. The maximum Gasteiger partial charge on any atom is 0.167 e. The molecule has 6 heteroatoms. The first kappa shape index (κ1) is 15.1. The summed E-state index contributed by atoms with van der Waals surface area (Å²) in [6.45, 7) is 0.408. The molecule has 0 bridgehead atoms. The zero-order chi connectivity index (χ0) is 17.2. The normalized spacial score (nSPS) is 10.9. The van der Waals surface area contributed by atoms with E-state index in [1.165, 1.54) is 6.07 Å². The molecule has 1 N–H and O–H groups in total. The van der Waals surface area contributed by atoms with Crippen LogP contribution < -0.4 is 0 Å². The molecule has 0 atom stereocenters. The predicted molar refractivity (Wildman–Crippen MR) is 90.3 cm³/mol. The molecule has 2 heterocycles. The quantitative estimate of drug-likeness (QED) is 0.610. The molecular weight excluding hydrogens is 321 g/mol. The first-order chi connectivity index (χ1) is 12.2. The highest BCUT2D eigenvalue weighted by molar-refractivity contribution is 5.70. The second-order valence-electron chi connectivity index (χ2n) is 5.63. The Balaban J connectivity index is 1.62. The van der Waals surface area contributed by atoms with Gasteiger partial charge in [-0.05, 0) is 18.2 Å². The molecular formula is C19H14FN3O2. The van der Waals surface area contributed by atoms with Crippen molar-refractivity contribution in [3.05, 3.63) is 78.6 Å².